The van der Waals surface area contributed by atoms with Crippen LogP contribution < -0.4 is 0 Å². The van der Waals surface area contributed by atoms with Crippen LogP contribution >= 0.6 is 11.6 Å². The molecule has 0 aromatic rings. The first kappa shape index (κ1) is 8.31. The van der Waals surface area contributed by atoms with Crippen LogP contribution in [0.25, 0.3) is 0 Å². The normalized spacial score (nSPS) is 41.7. The summed E-state index contributed by atoms with van der Waals surface area (Å²) in [4.78, 5) is 0. The van der Waals surface area contributed by atoms with E-state index in [1.165, 1.54) is 0 Å². The molecule has 60 valence electrons. The molecule has 1 aliphatic rings. The Kier molecular flexibility index (Phi) is 2.55. The Bertz CT molecular complexity index is 108. The van der Waals surface area contributed by atoms with Crippen LogP contribution in [0.5, 0.6) is 0 Å². The molecule has 1 saturated heterocycles. The van der Waals surface area contributed by atoms with Gasteiger partial charge in [0.25, 0.3) is 0 Å². The predicted molar refractivity (Wildman–Crippen MR) is 40.2 cm³/mol. The molecular weight excluding hydrogens is 152 g/mol. The molecule has 1 fully saturated rings. The second-order valence-electron chi connectivity index (χ2n) is 3.13. The van der Waals surface area contributed by atoms with Gasteiger partial charge in [-0.3, -0.25) is 0 Å². The first-order chi connectivity index (χ1) is 4.66. The molecule has 0 N–H and O–H groups in total. The quantitative estimate of drug-likeness (QED) is 0.549. The number of ether oxygens (including phenoxy) is 2. The van der Waals surface area contributed by atoms with Crippen LogP contribution in [0.4, 0.5) is 0 Å². The summed E-state index contributed by atoms with van der Waals surface area (Å²) < 4.78 is 10.6. The lowest BCUT2D eigenvalue weighted by atomic mass is 9.95. The predicted octanol–water partition coefficient (Wildman–Crippen LogP) is 1.62. The first-order valence-corrected chi connectivity index (χ1v) is 3.99. The Morgan fingerprint density at radius 1 is 1.50 bits per heavy atom. The molecule has 2 nitrogen and oxygen atoms in total. The van der Waals surface area contributed by atoms with Gasteiger partial charge in [0.15, 0.2) is 6.29 Å². The van der Waals surface area contributed by atoms with Crippen LogP contribution in [0.15, 0.2) is 0 Å². The van der Waals surface area contributed by atoms with E-state index in [2.05, 4.69) is 6.92 Å². The third kappa shape index (κ3) is 1.84. The maximum Gasteiger partial charge on any atom is 0.154 e. The second kappa shape index (κ2) is 3.07. The van der Waals surface area contributed by atoms with E-state index in [0.29, 0.717) is 19.1 Å². The molecule has 0 unspecified atom stereocenters. The van der Waals surface area contributed by atoms with Crippen molar-refractivity contribution in [3.8, 4) is 0 Å². The Labute approximate surface area is 66.5 Å². The summed E-state index contributed by atoms with van der Waals surface area (Å²) in [6, 6.07) is 0. The van der Waals surface area contributed by atoms with Gasteiger partial charge in [0.2, 0.25) is 0 Å². The summed E-state index contributed by atoms with van der Waals surface area (Å²) in [6.45, 7) is 5.37. The molecule has 1 heterocycles. The van der Waals surface area contributed by atoms with Gasteiger partial charge >= 0.3 is 0 Å². The lowest BCUT2D eigenvalue weighted by Crippen LogP contribution is -2.39. The summed E-state index contributed by atoms with van der Waals surface area (Å²) in [6.07, 6.45) is -0.0590. The molecule has 0 amide bonds. The van der Waals surface area contributed by atoms with E-state index >= 15 is 0 Å². The van der Waals surface area contributed by atoms with E-state index in [9.17, 15) is 0 Å². The highest BCUT2D eigenvalue weighted by atomic mass is 35.5. The Hall–Kier alpha value is 0.210. The molecule has 10 heavy (non-hydrogen) atoms. The Morgan fingerprint density at radius 3 is 2.40 bits per heavy atom. The van der Waals surface area contributed by atoms with Gasteiger partial charge in [-0.15, -0.1) is 11.6 Å². The maximum atomic E-state index is 5.71. The number of hydrogen-bond acceptors (Lipinski definition) is 2. The molecule has 0 saturated carbocycles. The molecule has 0 radical (unpaired) electrons. The van der Waals surface area contributed by atoms with Gasteiger partial charge in [0.05, 0.1) is 13.2 Å². The van der Waals surface area contributed by atoms with E-state index in [4.69, 9.17) is 21.1 Å². The number of halogens is 1. The zero-order valence-corrected chi connectivity index (χ0v) is 7.15. The van der Waals surface area contributed by atoms with E-state index in [-0.39, 0.29) is 11.7 Å². The summed E-state index contributed by atoms with van der Waals surface area (Å²) in [5.74, 6) is 0.597. The smallest absolute Gasteiger partial charge is 0.154 e. The minimum absolute atomic E-state index is 0.0219. The van der Waals surface area contributed by atoms with Gasteiger partial charge < -0.3 is 9.47 Å². The van der Waals surface area contributed by atoms with Crippen LogP contribution in [0, 0.1) is 5.41 Å². The molecule has 1 aliphatic heterocycles. The van der Waals surface area contributed by atoms with Gasteiger partial charge in [0.1, 0.15) is 0 Å². The second-order valence-corrected chi connectivity index (χ2v) is 3.40. The lowest BCUT2D eigenvalue weighted by Gasteiger charge is -2.34. The van der Waals surface area contributed by atoms with Crippen molar-refractivity contribution >= 4 is 11.6 Å². The first-order valence-electron chi connectivity index (χ1n) is 3.45. The topological polar surface area (TPSA) is 18.5 Å². The fourth-order valence-electron chi connectivity index (χ4n) is 0.804. The van der Waals surface area contributed by atoms with E-state index < -0.39 is 0 Å². The van der Waals surface area contributed by atoms with Gasteiger partial charge in [0, 0.05) is 11.3 Å². The number of hydrogen-bond donors (Lipinski definition) is 0. The van der Waals surface area contributed by atoms with Crippen LogP contribution in [-0.4, -0.2) is 25.4 Å². The Balaban J connectivity index is 2.38. The van der Waals surface area contributed by atoms with Crippen molar-refractivity contribution in [1.29, 1.82) is 0 Å². The van der Waals surface area contributed by atoms with Gasteiger partial charge in [-0.2, -0.15) is 0 Å². The standard InChI is InChI=1S/C7H13ClO2/c1-6-9-4-7(2,3-8)5-10-6/h6H,3-5H2,1-2H3. The fraction of sp³-hybridized carbons (Fsp3) is 1.00. The average molecular weight is 165 g/mol. The SMILES string of the molecule is CC1OCC(C)(CCl)CO1. The largest absolute Gasteiger partial charge is 0.352 e. The summed E-state index contributed by atoms with van der Waals surface area (Å²) in [5, 5.41) is 0. The third-order valence-electron chi connectivity index (χ3n) is 1.66. The summed E-state index contributed by atoms with van der Waals surface area (Å²) in [7, 11) is 0. The van der Waals surface area contributed by atoms with E-state index in [1.807, 2.05) is 6.92 Å². The zero-order valence-electron chi connectivity index (χ0n) is 6.39. The summed E-state index contributed by atoms with van der Waals surface area (Å²) in [5.41, 5.74) is 0.0219. The molecular formula is C7H13ClO2. The van der Waals surface area contributed by atoms with E-state index in [0.717, 1.165) is 0 Å². The van der Waals surface area contributed by atoms with Crippen molar-refractivity contribution in [2.45, 2.75) is 20.1 Å². The van der Waals surface area contributed by atoms with E-state index in [1.54, 1.807) is 0 Å². The number of alkyl halides is 1. The van der Waals surface area contributed by atoms with Crippen LogP contribution in [-0.2, 0) is 9.47 Å². The van der Waals surface area contributed by atoms with Crippen molar-refractivity contribution in [3.63, 3.8) is 0 Å². The van der Waals surface area contributed by atoms with Crippen LogP contribution in [0.2, 0.25) is 0 Å². The average Bonchev–Trinajstić information content (AvgIpc) is 1.96. The van der Waals surface area contributed by atoms with Crippen molar-refractivity contribution in [2.24, 2.45) is 5.41 Å². The molecule has 0 spiro atoms. The summed E-state index contributed by atoms with van der Waals surface area (Å²) >= 11 is 5.71. The van der Waals surface area contributed by atoms with Crippen molar-refractivity contribution in [1.82, 2.24) is 0 Å². The zero-order chi connectivity index (χ0) is 7.61. The molecule has 3 heteroatoms. The highest BCUT2D eigenvalue weighted by Crippen LogP contribution is 2.24. The van der Waals surface area contributed by atoms with Crippen LogP contribution in [0.3, 0.4) is 0 Å². The third-order valence-corrected chi connectivity index (χ3v) is 2.30. The van der Waals surface area contributed by atoms with Crippen molar-refractivity contribution in [3.05, 3.63) is 0 Å². The molecule has 0 aromatic carbocycles. The highest BCUT2D eigenvalue weighted by molar-refractivity contribution is 6.18. The molecule has 0 aromatic heterocycles. The number of rotatable bonds is 1. The molecule has 0 aliphatic carbocycles. The fourth-order valence-corrected chi connectivity index (χ4v) is 0.958. The van der Waals surface area contributed by atoms with Crippen molar-refractivity contribution < 1.29 is 9.47 Å². The van der Waals surface area contributed by atoms with Gasteiger partial charge in [-0.05, 0) is 6.92 Å². The molecule has 0 bridgehead atoms. The lowest BCUT2D eigenvalue weighted by molar-refractivity contribution is -0.211. The Morgan fingerprint density at radius 2 is 2.00 bits per heavy atom. The van der Waals surface area contributed by atoms with Gasteiger partial charge in [-0.1, -0.05) is 6.92 Å². The monoisotopic (exact) mass is 164 g/mol. The van der Waals surface area contributed by atoms with Gasteiger partial charge in [-0.25, -0.2) is 0 Å². The maximum absolute atomic E-state index is 5.71. The minimum Gasteiger partial charge on any atom is -0.352 e. The van der Waals surface area contributed by atoms with Crippen molar-refractivity contribution in [2.75, 3.05) is 19.1 Å². The highest BCUT2D eigenvalue weighted by Gasteiger charge is 2.29. The minimum atomic E-state index is -0.0590. The molecule has 0 atom stereocenters. The van der Waals surface area contributed by atoms with Crippen LogP contribution in [0.1, 0.15) is 13.8 Å². The molecule has 1 rings (SSSR count).